The number of nitrogens with zero attached hydrogens (tertiary/aromatic N) is 1. The van der Waals surface area contributed by atoms with Crippen molar-refractivity contribution in [2.24, 2.45) is 5.92 Å². The molecule has 3 heteroatoms. The van der Waals surface area contributed by atoms with Gasteiger partial charge in [0.15, 0.2) is 0 Å². The third-order valence-corrected chi connectivity index (χ3v) is 3.71. The van der Waals surface area contributed by atoms with Crippen LogP contribution in [0, 0.1) is 17.2 Å². The molecule has 3 nitrogen and oxygen atoms in total. The molecule has 1 N–H and O–H groups in total. The van der Waals surface area contributed by atoms with E-state index in [0.29, 0.717) is 12.6 Å². The lowest BCUT2D eigenvalue weighted by atomic mass is 9.85. The summed E-state index contributed by atoms with van der Waals surface area (Å²) in [5.74, 6) is 1.09. The molecule has 102 valence electrons. The van der Waals surface area contributed by atoms with Crippen molar-refractivity contribution < 1.29 is 4.74 Å². The van der Waals surface area contributed by atoms with Gasteiger partial charge in [-0.25, -0.2) is 0 Å². The maximum Gasteiger partial charge on any atom is 0.119 e. The molecule has 1 saturated carbocycles. The van der Waals surface area contributed by atoms with E-state index in [1.165, 1.54) is 18.4 Å². The zero-order valence-electron chi connectivity index (χ0n) is 11.6. The van der Waals surface area contributed by atoms with Gasteiger partial charge in [0.2, 0.25) is 0 Å². The molecule has 1 aliphatic rings. The highest BCUT2D eigenvalue weighted by Gasteiger charge is 2.24. The highest BCUT2D eigenvalue weighted by Crippen LogP contribution is 2.24. The summed E-state index contributed by atoms with van der Waals surface area (Å²) >= 11 is 0. The van der Waals surface area contributed by atoms with E-state index in [2.05, 4.69) is 23.5 Å². The molecule has 0 aromatic heterocycles. The number of ether oxygens (including phenoxy) is 1. The second-order valence-corrected chi connectivity index (χ2v) is 5.09. The van der Waals surface area contributed by atoms with Gasteiger partial charge in [-0.3, -0.25) is 0 Å². The van der Waals surface area contributed by atoms with E-state index in [4.69, 9.17) is 10.00 Å². The Kier molecular flexibility index (Phi) is 5.23. The molecule has 2 unspecified atom stereocenters. The number of hydrogen-bond donors (Lipinski definition) is 1. The molecule has 0 aliphatic heterocycles. The van der Waals surface area contributed by atoms with E-state index in [1.54, 1.807) is 0 Å². The molecule has 2 atom stereocenters. The monoisotopic (exact) mass is 258 g/mol. The van der Waals surface area contributed by atoms with Crippen LogP contribution in [-0.2, 0) is 6.54 Å². The van der Waals surface area contributed by atoms with E-state index < -0.39 is 0 Å². The summed E-state index contributed by atoms with van der Waals surface area (Å²) in [6.07, 6.45) is 4.57. The third-order valence-electron chi connectivity index (χ3n) is 3.71. The smallest absolute Gasteiger partial charge is 0.119 e. The number of rotatable bonds is 5. The average Bonchev–Trinajstić information content (AvgIpc) is 2.46. The van der Waals surface area contributed by atoms with E-state index >= 15 is 0 Å². The van der Waals surface area contributed by atoms with Crippen LogP contribution in [0.2, 0.25) is 0 Å². The van der Waals surface area contributed by atoms with E-state index in [-0.39, 0.29) is 5.92 Å². The first-order valence-electron chi connectivity index (χ1n) is 7.18. The third kappa shape index (κ3) is 3.97. The van der Waals surface area contributed by atoms with Crippen LogP contribution in [0.15, 0.2) is 24.3 Å². The molecule has 19 heavy (non-hydrogen) atoms. The Morgan fingerprint density at radius 3 is 3.00 bits per heavy atom. The first-order valence-corrected chi connectivity index (χ1v) is 7.18. The molecule has 0 amide bonds. The average molecular weight is 258 g/mol. The molecular formula is C16H22N2O. The minimum absolute atomic E-state index is 0.170. The predicted octanol–water partition coefficient (Wildman–Crippen LogP) is 3.26. The van der Waals surface area contributed by atoms with Crippen LogP contribution in [0.1, 0.15) is 38.2 Å². The Morgan fingerprint density at radius 1 is 1.37 bits per heavy atom. The maximum absolute atomic E-state index is 9.16. The van der Waals surface area contributed by atoms with Gasteiger partial charge in [-0.2, -0.15) is 5.26 Å². The molecule has 0 bridgehead atoms. The molecule has 2 rings (SSSR count). The summed E-state index contributed by atoms with van der Waals surface area (Å²) in [6.45, 7) is 3.49. The number of hydrogen-bond acceptors (Lipinski definition) is 3. The lowest BCUT2D eigenvalue weighted by molar-refractivity contribution is 0.310. The second-order valence-electron chi connectivity index (χ2n) is 5.09. The zero-order valence-corrected chi connectivity index (χ0v) is 11.6. The van der Waals surface area contributed by atoms with E-state index in [9.17, 15) is 0 Å². The van der Waals surface area contributed by atoms with Crippen molar-refractivity contribution in [3.63, 3.8) is 0 Å². The fourth-order valence-electron chi connectivity index (χ4n) is 2.69. The van der Waals surface area contributed by atoms with Crippen molar-refractivity contribution in [1.82, 2.24) is 5.32 Å². The Bertz CT molecular complexity index is 439. The SMILES string of the molecule is CCOc1cccc(CNC2CCCCC2C#N)c1. The quantitative estimate of drug-likeness (QED) is 0.881. The van der Waals surface area contributed by atoms with E-state index in [1.807, 2.05) is 19.1 Å². The Hall–Kier alpha value is -1.53. The lowest BCUT2D eigenvalue weighted by Crippen LogP contribution is -2.37. The van der Waals surface area contributed by atoms with Gasteiger partial charge in [0, 0.05) is 12.6 Å². The minimum atomic E-state index is 0.170. The fourth-order valence-corrected chi connectivity index (χ4v) is 2.69. The number of nitrogens with one attached hydrogen (secondary N) is 1. The second kappa shape index (κ2) is 7.16. The van der Waals surface area contributed by atoms with Gasteiger partial charge in [0.1, 0.15) is 5.75 Å². The van der Waals surface area contributed by atoms with Gasteiger partial charge >= 0.3 is 0 Å². The summed E-state index contributed by atoms with van der Waals surface area (Å²) in [5, 5.41) is 12.7. The summed E-state index contributed by atoms with van der Waals surface area (Å²) in [6, 6.07) is 10.9. The summed E-state index contributed by atoms with van der Waals surface area (Å²) < 4.78 is 5.50. The molecule has 1 aliphatic carbocycles. The maximum atomic E-state index is 9.16. The van der Waals surface area contributed by atoms with Crippen molar-refractivity contribution in [2.45, 2.75) is 45.2 Å². The molecule has 1 aromatic rings. The topological polar surface area (TPSA) is 45.0 Å². The molecule has 0 radical (unpaired) electrons. The Morgan fingerprint density at radius 2 is 2.21 bits per heavy atom. The molecule has 0 spiro atoms. The van der Waals surface area contributed by atoms with Crippen LogP contribution in [0.4, 0.5) is 0 Å². The molecule has 0 heterocycles. The highest BCUT2D eigenvalue weighted by atomic mass is 16.5. The van der Waals surface area contributed by atoms with Gasteiger partial charge < -0.3 is 10.1 Å². The number of nitriles is 1. The Balaban J connectivity index is 1.90. The molecule has 1 fully saturated rings. The van der Waals surface area contributed by atoms with Crippen LogP contribution >= 0.6 is 0 Å². The van der Waals surface area contributed by atoms with E-state index in [0.717, 1.165) is 25.1 Å². The normalized spacial score (nSPS) is 22.7. The largest absolute Gasteiger partial charge is 0.494 e. The van der Waals surface area contributed by atoms with Crippen molar-refractivity contribution in [2.75, 3.05) is 6.61 Å². The first-order chi connectivity index (χ1) is 9.33. The summed E-state index contributed by atoms with van der Waals surface area (Å²) in [4.78, 5) is 0. The predicted molar refractivity (Wildman–Crippen MR) is 75.8 cm³/mol. The van der Waals surface area contributed by atoms with Gasteiger partial charge in [-0.05, 0) is 37.5 Å². The Labute approximate surface area is 115 Å². The van der Waals surface area contributed by atoms with Gasteiger partial charge in [0.05, 0.1) is 18.6 Å². The standard InChI is InChI=1S/C16H22N2O/c1-2-19-15-8-5-6-13(10-15)12-18-16-9-4-3-7-14(16)11-17/h5-6,8,10,14,16,18H,2-4,7,9,12H2,1H3. The van der Waals surface area contributed by atoms with Crippen molar-refractivity contribution in [3.8, 4) is 11.8 Å². The van der Waals surface area contributed by atoms with Crippen molar-refractivity contribution in [1.29, 1.82) is 5.26 Å². The number of benzene rings is 1. The first kappa shape index (κ1) is 13.9. The van der Waals surface area contributed by atoms with Crippen LogP contribution in [-0.4, -0.2) is 12.6 Å². The van der Waals surface area contributed by atoms with Crippen LogP contribution < -0.4 is 10.1 Å². The summed E-state index contributed by atoms with van der Waals surface area (Å²) in [7, 11) is 0. The van der Waals surface area contributed by atoms with Gasteiger partial charge in [-0.1, -0.05) is 25.0 Å². The minimum Gasteiger partial charge on any atom is -0.494 e. The molecule has 0 saturated heterocycles. The molecule has 1 aromatic carbocycles. The van der Waals surface area contributed by atoms with Gasteiger partial charge in [-0.15, -0.1) is 0 Å². The lowest BCUT2D eigenvalue weighted by Gasteiger charge is -2.27. The van der Waals surface area contributed by atoms with Gasteiger partial charge in [0.25, 0.3) is 0 Å². The fraction of sp³-hybridized carbons (Fsp3) is 0.562. The van der Waals surface area contributed by atoms with Crippen LogP contribution in [0.3, 0.4) is 0 Å². The van der Waals surface area contributed by atoms with Crippen LogP contribution in [0.5, 0.6) is 5.75 Å². The van der Waals surface area contributed by atoms with Crippen LogP contribution in [0.25, 0.3) is 0 Å². The molecular weight excluding hydrogens is 236 g/mol. The zero-order chi connectivity index (χ0) is 13.5. The summed E-state index contributed by atoms with van der Waals surface area (Å²) in [5.41, 5.74) is 1.22. The van der Waals surface area contributed by atoms with Crippen molar-refractivity contribution >= 4 is 0 Å². The van der Waals surface area contributed by atoms with Crippen molar-refractivity contribution in [3.05, 3.63) is 29.8 Å². The highest BCUT2D eigenvalue weighted by molar-refractivity contribution is 5.28.